The summed E-state index contributed by atoms with van der Waals surface area (Å²) in [6.45, 7) is 0. The van der Waals surface area contributed by atoms with Gasteiger partial charge in [0.2, 0.25) is 11.7 Å². The van der Waals surface area contributed by atoms with Crippen LogP contribution in [0, 0.1) is 0 Å². The highest BCUT2D eigenvalue weighted by Gasteiger charge is 2.31. The van der Waals surface area contributed by atoms with Gasteiger partial charge in [-0.3, -0.25) is 0 Å². The Morgan fingerprint density at radius 2 is 2.41 bits per heavy atom. The van der Waals surface area contributed by atoms with Gasteiger partial charge in [0.15, 0.2) is 5.82 Å². The van der Waals surface area contributed by atoms with E-state index < -0.39 is 0 Å². The summed E-state index contributed by atoms with van der Waals surface area (Å²) in [5, 5.41) is 3.96. The van der Waals surface area contributed by atoms with Crippen molar-refractivity contribution in [2.75, 3.05) is 11.5 Å². The first-order chi connectivity index (χ1) is 8.25. The number of aryl methyl sites for hydroxylation is 1. The molecular weight excluding hydrogens is 238 g/mol. The lowest BCUT2D eigenvalue weighted by molar-refractivity contribution is 0.352. The molecular formula is C10H13N5OS. The predicted molar refractivity (Wildman–Crippen MR) is 64.5 cm³/mol. The molecule has 0 amide bonds. The molecule has 0 radical (unpaired) electrons. The molecule has 1 aliphatic rings. The third kappa shape index (κ3) is 1.85. The first-order valence-corrected chi connectivity index (χ1v) is 6.56. The Kier molecular flexibility index (Phi) is 2.64. The van der Waals surface area contributed by atoms with Crippen molar-refractivity contribution in [3.63, 3.8) is 0 Å². The van der Waals surface area contributed by atoms with Crippen molar-refractivity contribution in [1.29, 1.82) is 0 Å². The molecule has 2 aromatic heterocycles. The molecule has 17 heavy (non-hydrogen) atoms. The van der Waals surface area contributed by atoms with Crippen molar-refractivity contribution < 1.29 is 4.52 Å². The molecule has 2 aromatic rings. The molecule has 2 atom stereocenters. The molecule has 0 saturated carbocycles. The SMILES string of the molecule is Cn1ccnc1-c1noc(C2CSCC2N)n1. The molecule has 2 N–H and O–H groups in total. The Morgan fingerprint density at radius 3 is 3.06 bits per heavy atom. The molecule has 1 saturated heterocycles. The van der Waals surface area contributed by atoms with Gasteiger partial charge in [0.25, 0.3) is 0 Å². The molecule has 6 nitrogen and oxygen atoms in total. The van der Waals surface area contributed by atoms with Crippen molar-refractivity contribution in [2.24, 2.45) is 12.8 Å². The Morgan fingerprint density at radius 1 is 1.53 bits per heavy atom. The lowest BCUT2D eigenvalue weighted by Crippen LogP contribution is -2.26. The average molecular weight is 251 g/mol. The van der Waals surface area contributed by atoms with Crippen LogP contribution in [0.3, 0.4) is 0 Å². The molecule has 3 heterocycles. The van der Waals surface area contributed by atoms with E-state index in [4.69, 9.17) is 10.3 Å². The molecule has 0 aromatic carbocycles. The Labute approximate surface area is 103 Å². The average Bonchev–Trinajstić information content (AvgIpc) is 2.97. The topological polar surface area (TPSA) is 82.8 Å². The number of nitrogens with two attached hydrogens (primary N) is 1. The maximum Gasteiger partial charge on any atom is 0.238 e. The zero-order valence-electron chi connectivity index (χ0n) is 9.41. The van der Waals surface area contributed by atoms with Crippen molar-refractivity contribution in [1.82, 2.24) is 19.7 Å². The Balaban J connectivity index is 1.90. The van der Waals surface area contributed by atoms with Gasteiger partial charge in [-0.15, -0.1) is 0 Å². The van der Waals surface area contributed by atoms with Crippen LogP contribution >= 0.6 is 11.8 Å². The summed E-state index contributed by atoms with van der Waals surface area (Å²) in [5.74, 6) is 3.92. The zero-order valence-corrected chi connectivity index (χ0v) is 10.2. The molecule has 1 fully saturated rings. The van der Waals surface area contributed by atoms with Crippen molar-refractivity contribution >= 4 is 11.8 Å². The normalized spacial score (nSPS) is 24.4. The van der Waals surface area contributed by atoms with E-state index in [1.807, 2.05) is 29.6 Å². The number of hydrogen-bond acceptors (Lipinski definition) is 6. The second-order valence-electron chi connectivity index (χ2n) is 4.13. The maximum absolute atomic E-state index is 6.00. The van der Waals surface area contributed by atoms with E-state index in [0.29, 0.717) is 17.5 Å². The van der Waals surface area contributed by atoms with Gasteiger partial charge in [-0.25, -0.2) is 4.98 Å². The summed E-state index contributed by atoms with van der Waals surface area (Å²) < 4.78 is 7.15. The summed E-state index contributed by atoms with van der Waals surface area (Å²) in [6.07, 6.45) is 3.56. The summed E-state index contributed by atoms with van der Waals surface area (Å²) in [4.78, 5) is 8.58. The summed E-state index contributed by atoms with van der Waals surface area (Å²) >= 11 is 1.82. The van der Waals surface area contributed by atoms with Gasteiger partial charge in [0, 0.05) is 37.0 Å². The second kappa shape index (κ2) is 4.15. The number of imidazole rings is 1. The van der Waals surface area contributed by atoms with Crippen LogP contribution in [0.15, 0.2) is 16.9 Å². The van der Waals surface area contributed by atoms with Crippen molar-refractivity contribution in [2.45, 2.75) is 12.0 Å². The van der Waals surface area contributed by atoms with E-state index in [-0.39, 0.29) is 12.0 Å². The highest BCUT2D eigenvalue weighted by atomic mass is 32.2. The minimum atomic E-state index is 0.106. The number of hydrogen-bond donors (Lipinski definition) is 1. The first kappa shape index (κ1) is 10.8. The third-order valence-electron chi connectivity index (χ3n) is 2.90. The number of rotatable bonds is 2. The lowest BCUT2D eigenvalue weighted by Gasteiger charge is -2.07. The van der Waals surface area contributed by atoms with Gasteiger partial charge < -0.3 is 14.8 Å². The fourth-order valence-corrected chi connectivity index (χ4v) is 3.17. The minimum Gasteiger partial charge on any atom is -0.338 e. The van der Waals surface area contributed by atoms with Crippen LogP contribution < -0.4 is 5.73 Å². The van der Waals surface area contributed by atoms with Crippen LogP contribution in [0.5, 0.6) is 0 Å². The number of nitrogens with zero attached hydrogens (tertiary/aromatic N) is 4. The molecule has 0 spiro atoms. The molecule has 90 valence electrons. The molecule has 7 heteroatoms. The van der Waals surface area contributed by atoms with Crippen LogP contribution in [0.4, 0.5) is 0 Å². The standard InChI is InChI=1S/C10H13N5OS/c1-15-3-2-12-9(15)8-13-10(16-14-8)6-4-17-5-7(6)11/h2-3,6-7H,4-5,11H2,1H3. The number of thioether (sulfide) groups is 1. The van der Waals surface area contributed by atoms with Gasteiger partial charge >= 0.3 is 0 Å². The highest BCUT2D eigenvalue weighted by molar-refractivity contribution is 7.99. The van der Waals surface area contributed by atoms with E-state index in [9.17, 15) is 0 Å². The molecule has 1 aliphatic heterocycles. The van der Waals surface area contributed by atoms with E-state index in [2.05, 4.69) is 15.1 Å². The van der Waals surface area contributed by atoms with Crippen LogP contribution in [0.1, 0.15) is 11.8 Å². The van der Waals surface area contributed by atoms with Gasteiger partial charge in [0.05, 0.1) is 5.92 Å². The maximum atomic E-state index is 6.00. The van der Waals surface area contributed by atoms with Crippen LogP contribution in [0.2, 0.25) is 0 Å². The van der Waals surface area contributed by atoms with Crippen LogP contribution in [-0.2, 0) is 7.05 Å². The minimum absolute atomic E-state index is 0.106. The van der Waals surface area contributed by atoms with Crippen molar-refractivity contribution in [3.8, 4) is 11.6 Å². The lowest BCUT2D eigenvalue weighted by atomic mass is 10.1. The Bertz CT molecular complexity index is 522. The smallest absolute Gasteiger partial charge is 0.238 e. The third-order valence-corrected chi connectivity index (χ3v) is 4.12. The monoisotopic (exact) mass is 251 g/mol. The summed E-state index contributed by atoms with van der Waals surface area (Å²) in [6, 6.07) is 0.106. The summed E-state index contributed by atoms with van der Waals surface area (Å²) in [7, 11) is 1.90. The predicted octanol–water partition coefficient (Wildman–Crippen LogP) is 0.628. The molecule has 2 unspecified atom stereocenters. The largest absolute Gasteiger partial charge is 0.338 e. The first-order valence-electron chi connectivity index (χ1n) is 5.40. The highest BCUT2D eigenvalue weighted by Crippen LogP contribution is 2.31. The van der Waals surface area contributed by atoms with Crippen LogP contribution in [0.25, 0.3) is 11.6 Å². The molecule has 3 rings (SSSR count). The van der Waals surface area contributed by atoms with E-state index >= 15 is 0 Å². The van der Waals surface area contributed by atoms with Crippen molar-refractivity contribution in [3.05, 3.63) is 18.3 Å². The van der Waals surface area contributed by atoms with E-state index in [0.717, 1.165) is 11.5 Å². The van der Waals surface area contributed by atoms with E-state index in [1.54, 1.807) is 6.20 Å². The number of aromatic nitrogens is 4. The van der Waals surface area contributed by atoms with Crippen LogP contribution in [-0.4, -0.2) is 37.2 Å². The quantitative estimate of drug-likeness (QED) is 0.842. The van der Waals surface area contributed by atoms with Gasteiger partial charge in [0.1, 0.15) is 0 Å². The summed E-state index contributed by atoms with van der Waals surface area (Å²) in [5.41, 5.74) is 6.00. The zero-order chi connectivity index (χ0) is 11.8. The van der Waals surface area contributed by atoms with Gasteiger partial charge in [-0.2, -0.15) is 16.7 Å². The Hall–Kier alpha value is -1.34. The van der Waals surface area contributed by atoms with Gasteiger partial charge in [-0.05, 0) is 0 Å². The fourth-order valence-electron chi connectivity index (χ4n) is 1.88. The molecule has 0 aliphatic carbocycles. The second-order valence-corrected chi connectivity index (χ2v) is 5.20. The molecule has 0 bridgehead atoms. The van der Waals surface area contributed by atoms with Gasteiger partial charge in [-0.1, -0.05) is 5.16 Å². The van der Waals surface area contributed by atoms with E-state index in [1.165, 1.54) is 0 Å². The fraction of sp³-hybridized carbons (Fsp3) is 0.500.